The van der Waals surface area contributed by atoms with Crippen LogP contribution in [0.3, 0.4) is 0 Å². The first-order chi connectivity index (χ1) is 18.4. The molecule has 3 fully saturated rings. The molecule has 212 valence electrons. The van der Waals surface area contributed by atoms with Gasteiger partial charge >= 0.3 is 0 Å². The molecule has 0 radical (unpaired) electrons. The lowest BCUT2D eigenvalue weighted by atomic mass is 9.81. The summed E-state index contributed by atoms with van der Waals surface area (Å²) in [6.45, 7) is 8.78. The molecule has 1 saturated heterocycles. The van der Waals surface area contributed by atoms with Gasteiger partial charge in [0.25, 0.3) is 11.5 Å². The molecule has 0 atom stereocenters. The highest BCUT2D eigenvalue weighted by molar-refractivity contribution is 5.97. The number of alkyl halides is 2. The first-order valence-corrected chi connectivity index (χ1v) is 13.7. The third-order valence-corrected chi connectivity index (χ3v) is 7.68. The van der Waals surface area contributed by atoms with E-state index in [1.807, 2.05) is 13.8 Å². The summed E-state index contributed by atoms with van der Waals surface area (Å²) in [4.78, 5) is 43.1. The first kappa shape index (κ1) is 27.3. The van der Waals surface area contributed by atoms with E-state index in [9.17, 15) is 28.3 Å². The molecular weight excluding hydrogens is 510 g/mol. The summed E-state index contributed by atoms with van der Waals surface area (Å²) in [7, 11) is 0. The van der Waals surface area contributed by atoms with Crippen molar-refractivity contribution in [2.45, 2.75) is 65.0 Å². The summed E-state index contributed by atoms with van der Waals surface area (Å²) >= 11 is 0. The normalized spacial score (nSPS) is 20.2. The summed E-state index contributed by atoms with van der Waals surface area (Å²) in [5, 5.41) is 18.1. The number of aromatic hydroxyl groups is 1. The number of piperazine rings is 1. The van der Waals surface area contributed by atoms with Crippen LogP contribution >= 0.6 is 0 Å². The second-order valence-electron chi connectivity index (χ2n) is 11.6. The van der Waals surface area contributed by atoms with Gasteiger partial charge in [-0.15, -0.1) is 0 Å². The van der Waals surface area contributed by atoms with Gasteiger partial charge in [-0.1, -0.05) is 13.8 Å². The number of aromatic nitrogens is 3. The molecule has 0 bridgehead atoms. The van der Waals surface area contributed by atoms with E-state index in [1.165, 1.54) is 15.2 Å². The number of aryl methyl sites for hydroxylation is 1. The number of nitrogens with one attached hydrogen (secondary N) is 1. The molecule has 0 aromatic carbocycles. The van der Waals surface area contributed by atoms with Crippen molar-refractivity contribution in [3.8, 4) is 5.88 Å². The van der Waals surface area contributed by atoms with Gasteiger partial charge in [-0.3, -0.25) is 23.9 Å². The lowest BCUT2D eigenvalue weighted by Crippen LogP contribution is -2.51. The zero-order valence-electron chi connectivity index (χ0n) is 22.6. The van der Waals surface area contributed by atoms with Crippen molar-refractivity contribution in [2.24, 2.45) is 11.8 Å². The van der Waals surface area contributed by atoms with Gasteiger partial charge in [0.15, 0.2) is 5.56 Å². The van der Waals surface area contributed by atoms with Crippen molar-refractivity contribution >= 4 is 23.5 Å². The van der Waals surface area contributed by atoms with Crippen LogP contribution in [0.15, 0.2) is 10.9 Å². The van der Waals surface area contributed by atoms with Crippen molar-refractivity contribution in [3.63, 3.8) is 0 Å². The third kappa shape index (κ3) is 5.70. The molecule has 0 spiro atoms. The Balaban J connectivity index is 1.35. The van der Waals surface area contributed by atoms with Crippen LogP contribution < -0.4 is 10.9 Å². The largest absolute Gasteiger partial charge is 0.492 e. The minimum atomic E-state index is -2.52. The fraction of sp³-hybridized carbons (Fsp3) is 0.630. The predicted octanol–water partition coefficient (Wildman–Crippen LogP) is 2.26. The van der Waals surface area contributed by atoms with Gasteiger partial charge in [-0.05, 0) is 37.7 Å². The Kier molecular flexibility index (Phi) is 7.25. The smallest absolute Gasteiger partial charge is 0.270 e. The molecule has 3 heterocycles. The number of carbonyl (C=O) groups is 2. The first-order valence-electron chi connectivity index (χ1n) is 13.7. The van der Waals surface area contributed by atoms with Crippen molar-refractivity contribution in [1.29, 1.82) is 0 Å². The Morgan fingerprint density at radius 2 is 1.85 bits per heavy atom. The van der Waals surface area contributed by atoms with Crippen molar-refractivity contribution < 1.29 is 23.5 Å². The Hall–Kier alpha value is -3.28. The number of fused-ring (bicyclic) bond motifs is 1. The summed E-state index contributed by atoms with van der Waals surface area (Å²) < 4.78 is 28.9. The average molecular weight is 547 g/mol. The van der Waals surface area contributed by atoms with E-state index in [0.717, 1.165) is 12.8 Å². The number of carbonyl (C=O) groups excluding carboxylic acids is 2. The topological polar surface area (TPSA) is 112 Å². The third-order valence-electron chi connectivity index (χ3n) is 7.68. The fourth-order valence-corrected chi connectivity index (χ4v) is 5.47. The van der Waals surface area contributed by atoms with E-state index in [2.05, 4.69) is 15.3 Å². The van der Waals surface area contributed by atoms with Gasteiger partial charge in [0.1, 0.15) is 5.65 Å². The van der Waals surface area contributed by atoms with Crippen LogP contribution in [0.5, 0.6) is 5.88 Å². The van der Waals surface area contributed by atoms with E-state index in [0.29, 0.717) is 56.2 Å². The summed E-state index contributed by atoms with van der Waals surface area (Å²) in [5.41, 5.74) is 0.377. The predicted molar refractivity (Wildman–Crippen MR) is 141 cm³/mol. The molecule has 2 aromatic rings. The molecular formula is C27H36F2N6O4. The van der Waals surface area contributed by atoms with Gasteiger partial charge in [-0.2, -0.15) is 9.61 Å². The van der Waals surface area contributed by atoms with Gasteiger partial charge < -0.3 is 15.3 Å². The Morgan fingerprint density at radius 1 is 1.18 bits per heavy atom. The number of hydrogen-bond acceptors (Lipinski definition) is 6. The number of halogens is 2. The molecule has 1 aliphatic heterocycles. The van der Waals surface area contributed by atoms with E-state index >= 15 is 0 Å². The van der Waals surface area contributed by atoms with E-state index < -0.39 is 23.3 Å². The summed E-state index contributed by atoms with van der Waals surface area (Å²) in [5.74, 6) is -3.80. The molecule has 5 rings (SSSR count). The maximum absolute atomic E-state index is 13.5. The van der Waals surface area contributed by atoms with Crippen LogP contribution in [-0.4, -0.2) is 85.6 Å². The average Bonchev–Trinajstić information content (AvgIpc) is 3.59. The van der Waals surface area contributed by atoms with Crippen LogP contribution in [0.4, 0.5) is 8.78 Å². The molecule has 2 N–H and O–H groups in total. The standard InChI is InChI=1S/C27H36F2N6O4/c1-16(2)14-34-24-20(17(3)31-35(24)26(39)22(25(34)38)23(37)30-19-4-5-19)6-7-21(36)33-10-8-32(9-11-33)15-18-12-27(28,29)13-18/h6-7,16,18-19,39H,4-5,8-15H2,1-3H3,(H,30,37)/b7-6+. The lowest BCUT2D eigenvalue weighted by Gasteiger charge is -2.41. The Morgan fingerprint density at radius 3 is 2.44 bits per heavy atom. The molecule has 2 saturated carbocycles. The highest BCUT2D eigenvalue weighted by Crippen LogP contribution is 2.42. The monoisotopic (exact) mass is 546 g/mol. The second kappa shape index (κ2) is 10.4. The number of nitrogens with zero attached hydrogens (tertiary/aromatic N) is 5. The molecule has 2 aromatic heterocycles. The SMILES string of the molecule is Cc1nn2c(O)c(C(=O)NC3CC3)c(=O)n(CC(C)C)c2c1/C=C/C(=O)N1CCN(CC2CC(F)(F)C2)CC1. The van der Waals surface area contributed by atoms with Crippen LogP contribution in [0.25, 0.3) is 11.7 Å². The zero-order valence-corrected chi connectivity index (χ0v) is 22.6. The van der Waals surface area contributed by atoms with Gasteiger partial charge in [0.2, 0.25) is 17.7 Å². The van der Waals surface area contributed by atoms with Gasteiger partial charge in [0, 0.05) is 69.8 Å². The van der Waals surface area contributed by atoms with Crippen LogP contribution in [0, 0.1) is 18.8 Å². The Bertz CT molecular complexity index is 1360. The van der Waals surface area contributed by atoms with Gasteiger partial charge in [0.05, 0.1) is 5.69 Å². The molecule has 0 unspecified atom stereocenters. The minimum absolute atomic E-state index is 0.0132. The van der Waals surface area contributed by atoms with Crippen LogP contribution in [-0.2, 0) is 11.3 Å². The van der Waals surface area contributed by atoms with Gasteiger partial charge in [-0.25, -0.2) is 8.78 Å². The summed E-state index contributed by atoms with van der Waals surface area (Å²) in [6.07, 6.45) is 4.60. The van der Waals surface area contributed by atoms with Crippen molar-refractivity contribution in [2.75, 3.05) is 32.7 Å². The Labute approximate surface area is 225 Å². The lowest BCUT2D eigenvalue weighted by molar-refractivity contribution is -0.129. The molecule has 12 heteroatoms. The number of rotatable bonds is 8. The molecule has 39 heavy (non-hydrogen) atoms. The van der Waals surface area contributed by atoms with Crippen LogP contribution in [0.2, 0.25) is 0 Å². The quantitative estimate of drug-likeness (QED) is 0.492. The number of hydrogen-bond donors (Lipinski definition) is 2. The van der Waals surface area contributed by atoms with E-state index in [4.69, 9.17) is 0 Å². The van der Waals surface area contributed by atoms with Crippen LogP contribution in [0.1, 0.15) is 61.1 Å². The maximum Gasteiger partial charge on any atom is 0.270 e. The van der Waals surface area contributed by atoms with Crippen molar-refractivity contribution in [1.82, 2.24) is 29.3 Å². The van der Waals surface area contributed by atoms with E-state index in [-0.39, 0.29) is 42.2 Å². The van der Waals surface area contributed by atoms with Crippen molar-refractivity contribution in [3.05, 3.63) is 33.3 Å². The maximum atomic E-state index is 13.5. The molecule has 2 aliphatic carbocycles. The fourth-order valence-electron chi connectivity index (χ4n) is 5.47. The molecule has 2 amide bonds. The summed E-state index contributed by atoms with van der Waals surface area (Å²) in [6, 6.07) is 0.0132. The second-order valence-corrected chi connectivity index (χ2v) is 11.6. The molecule has 3 aliphatic rings. The van der Waals surface area contributed by atoms with E-state index in [1.54, 1.807) is 17.9 Å². The minimum Gasteiger partial charge on any atom is -0.492 e. The number of amides is 2. The zero-order chi connectivity index (χ0) is 28.1. The molecule has 10 nitrogen and oxygen atoms in total. The highest BCUT2D eigenvalue weighted by Gasteiger charge is 2.45. The highest BCUT2D eigenvalue weighted by atomic mass is 19.3.